The molecule has 0 aliphatic carbocycles. The third kappa shape index (κ3) is 5.05. The van der Waals surface area contributed by atoms with Gasteiger partial charge in [-0.1, -0.05) is 48.0 Å². The molecule has 1 amide bonds. The van der Waals surface area contributed by atoms with Crippen molar-refractivity contribution in [3.05, 3.63) is 70.5 Å². The van der Waals surface area contributed by atoms with Crippen molar-refractivity contribution in [2.45, 2.75) is 12.8 Å². The van der Waals surface area contributed by atoms with Gasteiger partial charge in [0.1, 0.15) is 5.82 Å². The van der Waals surface area contributed by atoms with E-state index >= 15 is 0 Å². The Morgan fingerprint density at radius 3 is 2.48 bits per heavy atom. The van der Waals surface area contributed by atoms with Crippen LogP contribution in [0, 0.1) is 5.82 Å². The van der Waals surface area contributed by atoms with Crippen LogP contribution >= 0.6 is 11.6 Å². The standard InChI is InChI=1S/C18H20ClFN2O/c19-16-7-4-8-17(20)15(16)13-18(23)22(12-10-21)11-9-14-5-2-1-3-6-14/h1-8H,9-13,21H2. The average molecular weight is 335 g/mol. The zero-order valence-corrected chi connectivity index (χ0v) is 13.6. The maximum absolute atomic E-state index is 13.8. The molecule has 0 aliphatic heterocycles. The Labute approximate surface area is 140 Å². The maximum atomic E-state index is 13.8. The van der Waals surface area contributed by atoms with E-state index in [0.717, 1.165) is 12.0 Å². The lowest BCUT2D eigenvalue weighted by atomic mass is 10.1. The molecular weight excluding hydrogens is 315 g/mol. The van der Waals surface area contributed by atoms with Crippen LogP contribution in [0.4, 0.5) is 4.39 Å². The minimum atomic E-state index is -0.457. The van der Waals surface area contributed by atoms with Crippen molar-refractivity contribution in [2.75, 3.05) is 19.6 Å². The first-order chi connectivity index (χ1) is 11.1. The summed E-state index contributed by atoms with van der Waals surface area (Å²) >= 11 is 5.99. The summed E-state index contributed by atoms with van der Waals surface area (Å²) < 4.78 is 13.8. The highest BCUT2D eigenvalue weighted by Gasteiger charge is 2.17. The number of benzene rings is 2. The smallest absolute Gasteiger partial charge is 0.227 e. The van der Waals surface area contributed by atoms with Crippen molar-refractivity contribution >= 4 is 17.5 Å². The van der Waals surface area contributed by atoms with Crippen molar-refractivity contribution in [1.82, 2.24) is 4.90 Å². The Morgan fingerprint density at radius 1 is 1.09 bits per heavy atom. The molecule has 2 N–H and O–H groups in total. The van der Waals surface area contributed by atoms with Crippen LogP contribution in [0.2, 0.25) is 5.02 Å². The molecule has 5 heteroatoms. The van der Waals surface area contributed by atoms with Gasteiger partial charge in [-0.05, 0) is 24.1 Å². The molecule has 0 bridgehead atoms. The molecule has 2 aromatic carbocycles. The van der Waals surface area contributed by atoms with Crippen molar-refractivity contribution in [2.24, 2.45) is 5.73 Å². The van der Waals surface area contributed by atoms with E-state index in [9.17, 15) is 9.18 Å². The van der Waals surface area contributed by atoms with Gasteiger partial charge in [0, 0.05) is 30.2 Å². The molecule has 23 heavy (non-hydrogen) atoms. The van der Waals surface area contributed by atoms with Gasteiger partial charge in [0.15, 0.2) is 0 Å². The van der Waals surface area contributed by atoms with E-state index in [4.69, 9.17) is 17.3 Å². The molecule has 0 heterocycles. The van der Waals surface area contributed by atoms with E-state index in [2.05, 4.69) is 0 Å². The Hall–Kier alpha value is -1.91. The number of amides is 1. The zero-order chi connectivity index (χ0) is 16.7. The Balaban J connectivity index is 2.03. The molecule has 0 atom stereocenters. The third-order valence-electron chi connectivity index (χ3n) is 3.65. The second-order valence-electron chi connectivity index (χ2n) is 5.28. The number of carbonyl (C=O) groups excluding carboxylic acids is 1. The predicted octanol–water partition coefficient (Wildman–Crippen LogP) is 3.05. The van der Waals surface area contributed by atoms with Gasteiger partial charge in [0.25, 0.3) is 0 Å². The molecule has 3 nitrogen and oxygen atoms in total. The van der Waals surface area contributed by atoms with Gasteiger partial charge < -0.3 is 10.6 Å². The summed E-state index contributed by atoms with van der Waals surface area (Å²) in [6, 6.07) is 14.3. The molecule has 0 aromatic heterocycles. The zero-order valence-electron chi connectivity index (χ0n) is 12.8. The van der Waals surface area contributed by atoms with Gasteiger partial charge in [0.05, 0.1) is 6.42 Å². The molecule has 0 saturated carbocycles. The molecule has 2 aromatic rings. The predicted molar refractivity (Wildman–Crippen MR) is 90.9 cm³/mol. The van der Waals surface area contributed by atoms with Crippen LogP contribution in [-0.4, -0.2) is 30.4 Å². The molecule has 0 saturated heterocycles. The summed E-state index contributed by atoms with van der Waals surface area (Å²) in [6.07, 6.45) is 0.678. The van der Waals surface area contributed by atoms with Crippen LogP contribution < -0.4 is 5.73 Å². The van der Waals surface area contributed by atoms with Gasteiger partial charge >= 0.3 is 0 Å². The Morgan fingerprint density at radius 2 is 1.83 bits per heavy atom. The first-order valence-corrected chi connectivity index (χ1v) is 7.94. The summed E-state index contributed by atoms with van der Waals surface area (Å²) in [6.45, 7) is 1.36. The van der Waals surface area contributed by atoms with E-state index in [-0.39, 0.29) is 22.9 Å². The molecule has 2 rings (SSSR count). The molecular formula is C18H20ClFN2O. The first kappa shape index (κ1) is 17.4. The number of rotatable bonds is 7. The monoisotopic (exact) mass is 334 g/mol. The lowest BCUT2D eigenvalue weighted by molar-refractivity contribution is -0.130. The second kappa shape index (κ2) is 8.65. The SMILES string of the molecule is NCCN(CCc1ccccc1)C(=O)Cc1c(F)cccc1Cl. The van der Waals surface area contributed by atoms with Gasteiger partial charge in [0.2, 0.25) is 5.91 Å². The van der Waals surface area contributed by atoms with Crippen LogP contribution in [-0.2, 0) is 17.6 Å². The van der Waals surface area contributed by atoms with Gasteiger partial charge in [-0.15, -0.1) is 0 Å². The minimum Gasteiger partial charge on any atom is -0.341 e. The van der Waals surface area contributed by atoms with E-state index < -0.39 is 5.82 Å². The second-order valence-corrected chi connectivity index (χ2v) is 5.69. The summed E-state index contributed by atoms with van der Waals surface area (Å²) in [5.41, 5.74) is 6.98. The average Bonchev–Trinajstić information content (AvgIpc) is 2.56. The summed E-state index contributed by atoms with van der Waals surface area (Å²) in [4.78, 5) is 14.1. The highest BCUT2D eigenvalue weighted by Crippen LogP contribution is 2.20. The number of halogens is 2. The summed E-state index contributed by atoms with van der Waals surface area (Å²) in [7, 11) is 0. The number of nitrogens with zero attached hydrogens (tertiary/aromatic N) is 1. The van der Waals surface area contributed by atoms with Crippen LogP contribution in [0.5, 0.6) is 0 Å². The Kier molecular flexibility index (Phi) is 6.56. The molecule has 0 fully saturated rings. The quantitative estimate of drug-likeness (QED) is 0.846. The van der Waals surface area contributed by atoms with Crippen molar-refractivity contribution in [1.29, 1.82) is 0 Å². The third-order valence-corrected chi connectivity index (χ3v) is 4.01. The van der Waals surface area contributed by atoms with Crippen LogP contribution in [0.1, 0.15) is 11.1 Å². The molecule has 0 spiro atoms. The number of nitrogens with two attached hydrogens (primary N) is 1. The fraction of sp³-hybridized carbons (Fsp3) is 0.278. The van der Waals surface area contributed by atoms with Crippen LogP contribution in [0.3, 0.4) is 0 Å². The lowest BCUT2D eigenvalue weighted by Crippen LogP contribution is -2.38. The molecule has 122 valence electrons. The molecule has 0 aliphatic rings. The number of hydrogen-bond acceptors (Lipinski definition) is 2. The normalized spacial score (nSPS) is 10.6. The summed E-state index contributed by atoms with van der Waals surface area (Å²) in [5, 5.41) is 0.272. The van der Waals surface area contributed by atoms with Crippen LogP contribution in [0.25, 0.3) is 0 Å². The lowest BCUT2D eigenvalue weighted by Gasteiger charge is -2.22. The topological polar surface area (TPSA) is 46.3 Å². The first-order valence-electron chi connectivity index (χ1n) is 7.56. The maximum Gasteiger partial charge on any atom is 0.227 e. The Bertz CT molecular complexity index is 628. The van der Waals surface area contributed by atoms with E-state index in [1.54, 1.807) is 11.0 Å². The number of hydrogen-bond donors (Lipinski definition) is 1. The van der Waals surface area contributed by atoms with E-state index in [1.807, 2.05) is 30.3 Å². The van der Waals surface area contributed by atoms with Gasteiger partial charge in [-0.3, -0.25) is 4.79 Å². The van der Waals surface area contributed by atoms with Crippen molar-refractivity contribution in [3.8, 4) is 0 Å². The number of carbonyl (C=O) groups is 1. The fourth-order valence-electron chi connectivity index (χ4n) is 2.39. The molecule has 0 unspecified atom stereocenters. The van der Waals surface area contributed by atoms with Crippen molar-refractivity contribution in [3.63, 3.8) is 0 Å². The minimum absolute atomic E-state index is 0.0553. The van der Waals surface area contributed by atoms with Crippen molar-refractivity contribution < 1.29 is 9.18 Å². The highest BCUT2D eigenvalue weighted by atomic mass is 35.5. The highest BCUT2D eigenvalue weighted by molar-refractivity contribution is 6.31. The molecule has 0 radical (unpaired) electrons. The largest absolute Gasteiger partial charge is 0.341 e. The fourth-order valence-corrected chi connectivity index (χ4v) is 2.62. The van der Waals surface area contributed by atoms with Crippen LogP contribution in [0.15, 0.2) is 48.5 Å². The van der Waals surface area contributed by atoms with Gasteiger partial charge in [-0.25, -0.2) is 4.39 Å². The van der Waals surface area contributed by atoms with Gasteiger partial charge in [-0.2, -0.15) is 0 Å². The van der Waals surface area contributed by atoms with E-state index in [1.165, 1.54) is 12.1 Å². The van der Waals surface area contributed by atoms with E-state index in [0.29, 0.717) is 19.6 Å². The summed E-state index contributed by atoms with van der Waals surface area (Å²) in [5.74, 6) is -0.625.